The molecule has 0 aliphatic heterocycles. The van der Waals surface area contributed by atoms with Crippen molar-refractivity contribution in [2.75, 3.05) is 0 Å². The minimum Gasteiger partial charge on any atom is -0.390 e. The predicted octanol–water partition coefficient (Wildman–Crippen LogP) is 2.37. The molecule has 6 nitrogen and oxygen atoms in total. The predicted molar refractivity (Wildman–Crippen MR) is 105 cm³/mol. The third kappa shape index (κ3) is 4.45. The molecule has 144 valence electrons. The van der Waals surface area contributed by atoms with E-state index in [2.05, 4.69) is 10.4 Å². The van der Waals surface area contributed by atoms with Crippen molar-refractivity contribution in [1.82, 2.24) is 15.1 Å². The number of nitrogens with one attached hydrogen (secondary N) is 1. The van der Waals surface area contributed by atoms with Gasteiger partial charge in [-0.1, -0.05) is 43.7 Å². The Balaban J connectivity index is 1.84. The molecule has 0 saturated heterocycles. The standard InChI is InChI=1S/C21H27N3O3/c1-13(2)20-17(15-7-5-6-14(3)8-15)9-19(26)24(23-20)12-18(25)22-16-10-21(4,27)11-16/h5-9,13,16,27H,10-12H2,1-4H3,(H,22,25)/t16-,21-. The minimum absolute atomic E-state index is 0.0423. The highest BCUT2D eigenvalue weighted by atomic mass is 16.3. The number of rotatable bonds is 5. The maximum atomic E-state index is 12.6. The van der Waals surface area contributed by atoms with Crippen LogP contribution in [0.4, 0.5) is 0 Å². The van der Waals surface area contributed by atoms with E-state index < -0.39 is 5.60 Å². The van der Waals surface area contributed by atoms with Gasteiger partial charge in [-0.15, -0.1) is 0 Å². The third-order valence-corrected chi connectivity index (χ3v) is 4.93. The fourth-order valence-electron chi connectivity index (χ4n) is 3.60. The van der Waals surface area contributed by atoms with E-state index in [0.717, 1.165) is 22.4 Å². The van der Waals surface area contributed by atoms with Crippen LogP contribution in [0.1, 0.15) is 50.8 Å². The molecule has 0 radical (unpaired) electrons. The fourth-order valence-corrected chi connectivity index (χ4v) is 3.60. The smallest absolute Gasteiger partial charge is 0.267 e. The highest BCUT2D eigenvalue weighted by Gasteiger charge is 2.39. The number of hydrogen-bond acceptors (Lipinski definition) is 4. The zero-order chi connectivity index (χ0) is 19.8. The summed E-state index contributed by atoms with van der Waals surface area (Å²) in [7, 11) is 0. The van der Waals surface area contributed by atoms with Crippen LogP contribution in [0.2, 0.25) is 0 Å². The van der Waals surface area contributed by atoms with Gasteiger partial charge in [0.05, 0.1) is 11.3 Å². The maximum Gasteiger partial charge on any atom is 0.267 e. The van der Waals surface area contributed by atoms with E-state index in [-0.39, 0.29) is 30.0 Å². The molecular weight excluding hydrogens is 342 g/mol. The van der Waals surface area contributed by atoms with Crippen LogP contribution in [0, 0.1) is 6.92 Å². The molecule has 27 heavy (non-hydrogen) atoms. The molecule has 0 unspecified atom stereocenters. The van der Waals surface area contributed by atoms with Crippen molar-refractivity contribution in [2.45, 2.75) is 64.6 Å². The lowest BCUT2D eigenvalue weighted by Gasteiger charge is -2.41. The number of aliphatic hydroxyl groups is 1. The quantitative estimate of drug-likeness (QED) is 0.847. The van der Waals surface area contributed by atoms with E-state index in [0.29, 0.717) is 12.8 Å². The third-order valence-electron chi connectivity index (χ3n) is 4.93. The number of nitrogens with zero attached hydrogens (tertiary/aromatic N) is 2. The Morgan fingerprint density at radius 2 is 2.07 bits per heavy atom. The van der Waals surface area contributed by atoms with Gasteiger partial charge in [0.25, 0.3) is 5.56 Å². The van der Waals surface area contributed by atoms with Crippen LogP contribution < -0.4 is 10.9 Å². The minimum atomic E-state index is -0.701. The number of hydrogen-bond donors (Lipinski definition) is 2. The Morgan fingerprint density at radius 1 is 1.37 bits per heavy atom. The zero-order valence-electron chi connectivity index (χ0n) is 16.3. The van der Waals surface area contributed by atoms with E-state index in [1.54, 1.807) is 13.0 Å². The van der Waals surface area contributed by atoms with Gasteiger partial charge in [0, 0.05) is 17.7 Å². The molecule has 1 aliphatic carbocycles. The number of aromatic nitrogens is 2. The lowest BCUT2D eigenvalue weighted by Crippen LogP contribution is -2.54. The van der Waals surface area contributed by atoms with Gasteiger partial charge >= 0.3 is 0 Å². The van der Waals surface area contributed by atoms with Crippen LogP contribution in [0.15, 0.2) is 35.1 Å². The van der Waals surface area contributed by atoms with E-state index in [4.69, 9.17) is 0 Å². The van der Waals surface area contributed by atoms with Gasteiger partial charge in [0.15, 0.2) is 0 Å². The van der Waals surface area contributed by atoms with Crippen LogP contribution in [-0.4, -0.2) is 32.4 Å². The molecule has 1 fully saturated rings. The van der Waals surface area contributed by atoms with Gasteiger partial charge in [-0.05, 0) is 38.2 Å². The summed E-state index contributed by atoms with van der Waals surface area (Å²) in [5.74, 6) is -0.153. The van der Waals surface area contributed by atoms with Crippen LogP contribution in [0.25, 0.3) is 11.1 Å². The second-order valence-electron chi connectivity index (χ2n) is 8.13. The van der Waals surface area contributed by atoms with Gasteiger partial charge in [-0.2, -0.15) is 5.10 Å². The molecule has 1 amide bonds. The van der Waals surface area contributed by atoms with Crippen molar-refractivity contribution in [3.05, 3.63) is 51.9 Å². The molecule has 1 heterocycles. The normalized spacial score (nSPS) is 21.8. The van der Waals surface area contributed by atoms with Crippen molar-refractivity contribution < 1.29 is 9.90 Å². The summed E-state index contributed by atoms with van der Waals surface area (Å²) in [6, 6.07) is 9.49. The topological polar surface area (TPSA) is 84.2 Å². The molecule has 3 rings (SSSR count). The van der Waals surface area contributed by atoms with Crippen molar-refractivity contribution in [2.24, 2.45) is 0 Å². The SMILES string of the molecule is Cc1cccc(-c2cc(=O)n(CC(=O)N[C@H]3C[C@](C)(O)C3)nc2C(C)C)c1. The van der Waals surface area contributed by atoms with Crippen LogP contribution >= 0.6 is 0 Å². The van der Waals surface area contributed by atoms with Crippen molar-refractivity contribution in [3.63, 3.8) is 0 Å². The number of benzene rings is 1. The Bertz CT molecular complexity index is 907. The van der Waals surface area contributed by atoms with Crippen LogP contribution in [0.5, 0.6) is 0 Å². The molecule has 2 aromatic rings. The summed E-state index contributed by atoms with van der Waals surface area (Å²) in [5.41, 5.74) is 2.67. The maximum absolute atomic E-state index is 12.6. The summed E-state index contributed by atoms with van der Waals surface area (Å²) in [6.45, 7) is 7.68. The van der Waals surface area contributed by atoms with Crippen LogP contribution in [-0.2, 0) is 11.3 Å². The molecular formula is C21H27N3O3. The van der Waals surface area contributed by atoms with Crippen LogP contribution in [0.3, 0.4) is 0 Å². The Labute approximate surface area is 159 Å². The summed E-state index contributed by atoms with van der Waals surface area (Å²) in [4.78, 5) is 24.8. The molecule has 1 saturated carbocycles. The molecule has 0 spiro atoms. The average Bonchev–Trinajstić information content (AvgIpc) is 2.54. The molecule has 2 N–H and O–H groups in total. The van der Waals surface area contributed by atoms with Gasteiger partial charge in [-0.25, -0.2) is 4.68 Å². The van der Waals surface area contributed by atoms with Gasteiger partial charge in [0.1, 0.15) is 6.54 Å². The lowest BCUT2D eigenvalue weighted by atomic mass is 9.77. The lowest BCUT2D eigenvalue weighted by molar-refractivity contribution is -0.125. The molecule has 0 atom stereocenters. The van der Waals surface area contributed by atoms with Gasteiger partial charge < -0.3 is 10.4 Å². The van der Waals surface area contributed by atoms with E-state index in [1.807, 2.05) is 45.0 Å². The van der Waals surface area contributed by atoms with Crippen molar-refractivity contribution in [1.29, 1.82) is 0 Å². The fraction of sp³-hybridized carbons (Fsp3) is 0.476. The zero-order valence-corrected chi connectivity index (χ0v) is 16.3. The Kier molecular flexibility index (Phi) is 5.20. The largest absolute Gasteiger partial charge is 0.390 e. The monoisotopic (exact) mass is 369 g/mol. The first-order chi connectivity index (χ1) is 12.6. The average molecular weight is 369 g/mol. The highest BCUT2D eigenvalue weighted by Crippen LogP contribution is 2.31. The van der Waals surface area contributed by atoms with Gasteiger partial charge in [0.2, 0.25) is 5.91 Å². The second kappa shape index (κ2) is 7.27. The van der Waals surface area contributed by atoms with E-state index in [1.165, 1.54) is 4.68 Å². The molecule has 1 aromatic carbocycles. The summed E-state index contributed by atoms with van der Waals surface area (Å²) in [5, 5.41) is 17.1. The van der Waals surface area contributed by atoms with E-state index >= 15 is 0 Å². The number of amides is 1. The highest BCUT2D eigenvalue weighted by molar-refractivity contribution is 5.76. The number of carbonyl (C=O) groups excluding carboxylic acids is 1. The number of carbonyl (C=O) groups is 1. The molecule has 0 bridgehead atoms. The summed E-state index contributed by atoms with van der Waals surface area (Å²) >= 11 is 0. The summed E-state index contributed by atoms with van der Waals surface area (Å²) in [6.07, 6.45) is 1.06. The second-order valence-corrected chi connectivity index (χ2v) is 8.13. The van der Waals surface area contributed by atoms with Crippen molar-refractivity contribution >= 4 is 5.91 Å². The number of aryl methyl sites for hydroxylation is 1. The van der Waals surface area contributed by atoms with Crippen molar-refractivity contribution in [3.8, 4) is 11.1 Å². The first-order valence-electron chi connectivity index (χ1n) is 9.35. The molecule has 1 aliphatic rings. The summed E-state index contributed by atoms with van der Waals surface area (Å²) < 4.78 is 1.22. The van der Waals surface area contributed by atoms with Gasteiger partial charge in [-0.3, -0.25) is 9.59 Å². The van der Waals surface area contributed by atoms with E-state index in [9.17, 15) is 14.7 Å². The Morgan fingerprint density at radius 3 is 2.67 bits per heavy atom. The first-order valence-corrected chi connectivity index (χ1v) is 9.35. The Hall–Kier alpha value is -2.47. The first kappa shape index (κ1) is 19.3. The molecule has 1 aromatic heterocycles. The molecule has 6 heteroatoms.